The van der Waals surface area contributed by atoms with E-state index in [4.69, 9.17) is 4.74 Å². The Bertz CT molecular complexity index is 857. The first-order valence-electron chi connectivity index (χ1n) is 8.89. The molecule has 2 aromatic rings. The van der Waals surface area contributed by atoms with E-state index in [1.54, 1.807) is 0 Å². The summed E-state index contributed by atoms with van der Waals surface area (Å²) in [6.07, 6.45) is 6.72. The molecule has 24 heavy (non-hydrogen) atoms. The molecule has 4 rings (SSSR count). The number of fused-ring (bicyclic) bond motifs is 1. The van der Waals surface area contributed by atoms with Gasteiger partial charge >= 0.3 is 0 Å². The Morgan fingerprint density at radius 1 is 1.08 bits per heavy atom. The third-order valence-corrected chi connectivity index (χ3v) is 5.01. The van der Waals surface area contributed by atoms with Crippen molar-refractivity contribution in [2.45, 2.75) is 44.9 Å². The van der Waals surface area contributed by atoms with Gasteiger partial charge < -0.3 is 4.74 Å². The van der Waals surface area contributed by atoms with E-state index in [1.807, 2.05) is 0 Å². The number of ketones is 1. The van der Waals surface area contributed by atoms with E-state index in [1.165, 1.54) is 16.3 Å². The van der Waals surface area contributed by atoms with Crippen molar-refractivity contribution in [2.24, 2.45) is 0 Å². The van der Waals surface area contributed by atoms with Gasteiger partial charge in [-0.25, -0.2) is 0 Å². The van der Waals surface area contributed by atoms with Crippen molar-refractivity contribution >= 4 is 16.6 Å². The van der Waals surface area contributed by atoms with E-state index >= 15 is 0 Å². The number of ether oxygens (including phenoxy) is 1. The zero-order chi connectivity index (χ0) is 16.5. The van der Waals surface area contributed by atoms with Gasteiger partial charge in [0.15, 0.2) is 5.78 Å². The maximum atomic E-state index is 12.4. The van der Waals surface area contributed by atoms with E-state index in [9.17, 15) is 4.79 Å². The molecule has 2 heteroatoms. The highest BCUT2D eigenvalue weighted by Gasteiger charge is 2.34. The fourth-order valence-corrected chi connectivity index (χ4v) is 3.72. The molecule has 0 fully saturated rings. The molecule has 0 amide bonds. The van der Waals surface area contributed by atoms with Crippen LogP contribution < -0.4 is 0 Å². The lowest BCUT2D eigenvalue weighted by atomic mass is 9.86. The number of hydrogen-bond acceptors (Lipinski definition) is 2. The van der Waals surface area contributed by atoms with Gasteiger partial charge in [0.1, 0.15) is 11.5 Å². The zero-order valence-corrected chi connectivity index (χ0v) is 14.0. The second kappa shape index (κ2) is 6.27. The first-order valence-corrected chi connectivity index (χ1v) is 8.89. The normalized spacial score (nSPS) is 20.1. The van der Waals surface area contributed by atoms with Crippen LogP contribution in [0.3, 0.4) is 0 Å². The van der Waals surface area contributed by atoms with Gasteiger partial charge in [-0.3, -0.25) is 4.79 Å². The summed E-state index contributed by atoms with van der Waals surface area (Å²) in [5.74, 6) is 2.23. The van der Waals surface area contributed by atoms with Crippen molar-refractivity contribution in [3.8, 4) is 0 Å². The van der Waals surface area contributed by atoms with Gasteiger partial charge in [0.2, 0.25) is 0 Å². The Hall–Kier alpha value is -2.35. The Labute approximate surface area is 142 Å². The van der Waals surface area contributed by atoms with Crippen LogP contribution in [0.5, 0.6) is 0 Å². The maximum Gasteiger partial charge on any atom is 0.163 e. The highest BCUT2D eigenvalue weighted by atomic mass is 16.5. The topological polar surface area (TPSA) is 26.3 Å². The Morgan fingerprint density at radius 3 is 2.75 bits per heavy atom. The van der Waals surface area contributed by atoms with E-state index in [0.717, 1.165) is 42.8 Å². The number of allylic oxidation sites excluding steroid dienone is 4. The largest absolute Gasteiger partial charge is 0.466 e. The molecular weight excluding hydrogens is 296 g/mol. The molecule has 0 saturated carbocycles. The van der Waals surface area contributed by atoms with Crippen LogP contribution in [-0.2, 0) is 9.53 Å². The van der Waals surface area contributed by atoms with E-state index in [2.05, 4.69) is 55.5 Å². The van der Waals surface area contributed by atoms with Crippen molar-refractivity contribution in [3.63, 3.8) is 0 Å². The average molecular weight is 318 g/mol. The number of hydrogen-bond donors (Lipinski definition) is 0. The standard InChI is InChI=1S/C22H22O2/c1-2-3-8-18-14-19(22-20(23)11-12-21(22)24-18)17-10-9-15-6-4-5-7-16(15)13-17/h4-7,9-10,13-14,19H,2-3,8,11-12H2,1H3. The summed E-state index contributed by atoms with van der Waals surface area (Å²) in [5.41, 5.74) is 2.07. The summed E-state index contributed by atoms with van der Waals surface area (Å²) in [7, 11) is 0. The molecule has 1 heterocycles. The fraction of sp³-hybridized carbons (Fsp3) is 0.318. The minimum atomic E-state index is 0.0419. The molecular formula is C22H22O2. The molecule has 0 bridgehead atoms. The minimum absolute atomic E-state index is 0.0419. The van der Waals surface area contributed by atoms with Crippen LogP contribution >= 0.6 is 0 Å². The van der Waals surface area contributed by atoms with E-state index < -0.39 is 0 Å². The van der Waals surface area contributed by atoms with Crippen LogP contribution in [-0.4, -0.2) is 5.78 Å². The summed E-state index contributed by atoms with van der Waals surface area (Å²) in [5, 5.41) is 2.45. The fourth-order valence-electron chi connectivity index (χ4n) is 3.72. The Kier molecular flexibility index (Phi) is 3.97. The van der Waals surface area contributed by atoms with Gasteiger partial charge in [0.05, 0.1) is 0 Å². The molecule has 2 aromatic carbocycles. The molecule has 1 atom stereocenters. The molecule has 0 radical (unpaired) electrons. The van der Waals surface area contributed by atoms with Gasteiger partial charge in [0, 0.05) is 30.8 Å². The van der Waals surface area contributed by atoms with Crippen molar-refractivity contribution in [1.29, 1.82) is 0 Å². The lowest BCUT2D eigenvalue weighted by Gasteiger charge is -2.24. The maximum absolute atomic E-state index is 12.4. The predicted octanol–water partition coefficient (Wildman–Crippen LogP) is 5.64. The van der Waals surface area contributed by atoms with Crippen molar-refractivity contribution < 1.29 is 9.53 Å². The van der Waals surface area contributed by atoms with Crippen LogP contribution in [0, 0.1) is 0 Å². The number of Topliss-reactive ketones (excluding diaryl/α,β-unsaturated/α-hetero) is 1. The molecule has 122 valence electrons. The lowest BCUT2D eigenvalue weighted by molar-refractivity contribution is -0.115. The number of unbranched alkanes of at least 4 members (excludes halogenated alkanes) is 1. The smallest absolute Gasteiger partial charge is 0.163 e. The monoisotopic (exact) mass is 318 g/mol. The molecule has 0 saturated heterocycles. The first-order chi connectivity index (χ1) is 11.8. The van der Waals surface area contributed by atoms with Crippen LogP contribution in [0.25, 0.3) is 10.8 Å². The molecule has 2 aliphatic rings. The highest BCUT2D eigenvalue weighted by Crippen LogP contribution is 2.42. The molecule has 2 nitrogen and oxygen atoms in total. The van der Waals surface area contributed by atoms with Gasteiger partial charge in [-0.05, 0) is 28.8 Å². The summed E-state index contributed by atoms with van der Waals surface area (Å²) < 4.78 is 6.04. The van der Waals surface area contributed by atoms with Crippen LogP contribution in [0.4, 0.5) is 0 Å². The SMILES string of the molecule is CCCCC1=CC(c2ccc3ccccc3c2)C2=C(CCC2=O)O1. The molecule has 0 N–H and O–H groups in total. The second-order valence-electron chi connectivity index (χ2n) is 6.68. The molecule has 1 aliphatic carbocycles. The minimum Gasteiger partial charge on any atom is -0.466 e. The lowest BCUT2D eigenvalue weighted by Crippen LogP contribution is -2.13. The Balaban J connectivity index is 1.77. The molecule has 1 aliphatic heterocycles. The highest BCUT2D eigenvalue weighted by molar-refractivity contribution is 6.00. The number of carbonyl (C=O) groups excluding carboxylic acids is 1. The Morgan fingerprint density at radius 2 is 1.92 bits per heavy atom. The van der Waals surface area contributed by atoms with Crippen molar-refractivity contribution in [1.82, 2.24) is 0 Å². The van der Waals surface area contributed by atoms with Crippen molar-refractivity contribution in [2.75, 3.05) is 0 Å². The third-order valence-electron chi connectivity index (χ3n) is 5.01. The summed E-state index contributed by atoms with van der Waals surface area (Å²) in [6.45, 7) is 2.19. The second-order valence-corrected chi connectivity index (χ2v) is 6.68. The summed E-state index contributed by atoms with van der Waals surface area (Å²) >= 11 is 0. The third kappa shape index (κ3) is 2.66. The van der Waals surface area contributed by atoms with Gasteiger partial charge in [-0.1, -0.05) is 55.8 Å². The zero-order valence-electron chi connectivity index (χ0n) is 14.0. The number of carbonyl (C=O) groups is 1. The quantitative estimate of drug-likeness (QED) is 0.728. The van der Waals surface area contributed by atoms with Crippen LogP contribution in [0.1, 0.15) is 50.5 Å². The number of benzene rings is 2. The summed E-state index contributed by atoms with van der Waals surface area (Å²) in [4.78, 5) is 12.4. The predicted molar refractivity (Wildman–Crippen MR) is 96.6 cm³/mol. The number of rotatable bonds is 4. The summed E-state index contributed by atoms with van der Waals surface area (Å²) in [6, 6.07) is 14.9. The first kappa shape index (κ1) is 15.2. The molecule has 1 unspecified atom stereocenters. The van der Waals surface area contributed by atoms with Crippen LogP contribution in [0.15, 0.2) is 65.6 Å². The van der Waals surface area contributed by atoms with Gasteiger partial charge in [-0.15, -0.1) is 0 Å². The van der Waals surface area contributed by atoms with E-state index in [0.29, 0.717) is 6.42 Å². The molecule has 0 spiro atoms. The van der Waals surface area contributed by atoms with E-state index in [-0.39, 0.29) is 11.7 Å². The van der Waals surface area contributed by atoms with Crippen molar-refractivity contribution in [3.05, 3.63) is 71.2 Å². The van der Waals surface area contributed by atoms with Gasteiger partial charge in [-0.2, -0.15) is 0 Å². The van der Waals surface area contributed by atoms with Gasteiger partial charge in [0.25, 0.3) is 0 Å². The van der Waals surface area contributed by atoms with Crippen LogP contribution in [0.2, 0.25) is 0 Å². The average Bonchev–Trinajstić information content (AvgIpc) is 3.00. The molecule has 0 aromatic heterocycles.